The standard InChI is InChI=1S/C20H21N3O3/c1-3-11-23-18-10-5-4-9-17(18)21-20(23)22-19(25)13-26-16-8-6-7-15(12-16)14(2)24/h4-10,12H,3,11,13H2,1-2H3,(H,21,22,25). The number of carbonyl (C=O) groups is 2. The van der Waals surface area contributed by atoms with Crippen LogP contribution in [0.4, 0.5) is 5.95 Å². The number of imidazole rings is 1. The summed E-state index contributed by atoms with van der Waals surface area (Å²) in [5.41, 5.74) is 2.37. The summed E-state index contributed by atoms with van der Waals surface area (Å²) in [6.45, 7) is 4.17. The summed E-state index contributed by atoms with van der Waals surface area (Å²) >= 11 is 0. The summed E-state index contributed by atoms with van der Waals surface area (Å²) in [6.07, 6.45) is 0.928. The van der Waals surface area contributed by atoms with Crippen molar-refractivity contribution in [3.05, 3.63) is 54.1 Å². The molecule has 0 aliphatic heterocycles. The average Bonchev–Trinajstić information content (AvgIpc) is 2.98. The maximum atomic E-state index is 12.3. The molecule has 6 nitrogen and oxygen atoms in total. The molecule has 0 bridgehead atoms. The van der Waals surface area contributed by atoms with Gasteiger partial charge in [0.1, 0.15) is 5.75 Å². The van der Waals surface area contributed by atoms with E-state index in [1.54, 1.807) is 24.3 Å². The normalized spacial score (nSPS) is 10.7. The van der Waals surface area contributed by atoms with Gasteiger partial charge in [0, 0.05) is 12.1 Å². The van der Waals surface area contributed by atoms with E-state index in [1.165, 1.54) is 6.92 Å². The SMILES string of the molecule is CCCn1c(NC(=O)COc2cccc(C(C)=O)c2)nc2ccccc21. The van der Waals surface area contributed by atoms with Crippen molar-refractivity contribution in [1.29, 1.82) is 0 Å². The van der Waals surface area contributed by atoms with Gasteiger partial charge in [0.05, 0.1) is 11.0 Å². The monoisotopic (exact) mass is 351 g/mol. The lowest BCUT2D eigenvalue weighted by Crippen LogP contribution is -2.22. The number of rotatable bonds is 7. The summed E-state index contributed by atoms with van der Waals surface area (Å²) in [4.78, 5) is 28.2. The number of ketones is 1. The molecular formula is C20H21N3O3. The van der Waals surface area contributed by atoms with E-state index >= 15 is 0 Å². The van der Waals surface area contributed by atoms with Crippen molar-refractivity contribution in [2.24, 2.45) is 0 Å². The second kappa shape index (κ2) is 7.82. The maximum Gasteiger partial charge on any atom is 0.264 e. The van der Waals surface area contributed by atoms with E-state index in [4.69, 9.17) is 4.74 Å². The number of benzene rings is 2. The molecule has 1 aromatic heterocycles. The Morgan fingerprint density at radius 2 is 1.96 bits per heavy atom. The number of hydrogen-bond acceptors (Lipinski definition) is 4. The van der Waals surface area contributed by atoms with Crippen LogP contribution < -0.4 is 10.1 Å². The molecular weight excluding hydrogens is 330 g/mol. The number of carbonyl (C=O) groups excluding carboxylic acids is 2. The summed E-state index contributed by atoms with van der Waals surface area (Å²) < 4.78 is 7.49. The lowest BCUT2D eigenvalue weighted by molar-refractivity contribution is -0.118. The first-order valence-corrected chi connectivity index (χ1v) is 8.57. The first kappa shape index (κ1) is 17.7. The number of nitrogens with zero attached hydrogens (tertiary/aromatic N) is 2. The molecule has 26 heavy (non-hydrogen) atoms. The molecule has 1 amide bonds. The molecule has 0 unspecified atom stereocenters. The van der Waals surface area contributed by atoms with Crippen LogP contribution in [0.1, 0.15) is 30.6 Å². The van der Waals surface area contributed by atoms with Gasteiger partial charge in [-0.15, -0.1) is 0 Å². The van der Waals surface area contributed by atoms with Gasteiger partial charge in [0.15, 0.2) is 12.4 Å². The molecule has 0 fully saturated rings. The van der Waals surface area contributed by atoms with E-state index in [0.29, 0.717) is 17.3 Å². The van der Waals surface area contributed by atoms with E-state index in [0.717, 1.165) is 24.0 Å². The van der Waals surface area contributed by atoms with E-state index in [2.05, 4.69) is 17.2 Å². The van der Waals surface area contributed by atoms with Crippen LogP contribution in [0.25, 0.3) is 11.0 Å². The molecule has 3 aromatic rings. The molecule has 0 saturated carbocycles. The van der Waals surface area contributed by atoms with Gasteiger partial charge in [0.2, 0.25) is 5.95 Å². The Morgan fingerprint density at radius 1 is 1.15 bits per heavy atom. The van der Waals surface area contributed by atoms with Crippen molar-refractivity contribution in [2.75, 3.05) is 11.9 Å². The third kappa shape index (κ3) is 3.91. The summed E-state index contributed by atoms with van der Waals surface area (Å²) in [6, 6.07) is 14.6. The van der Waals surface area contributed by atoms with Gasteiger partial charge < -0.3 is 9.30 Å². The zero-order valence-electron chi connectivity index (χ0n) is 14.9. The Kier molecular flexibility index (Phi) is 5.31. The zero-order chi connectivity index (χ0) is 18.5. The highest BCUT2D eigenvalue weighted by atomic mass is 16.5. The van der Waals surface area contributed by atoms with Crippen LogP contribution >= 0.6 is 0 Å². The fourth-order valence-electron chi connectivity index (χ4n) is 2.74. The molecule has 0 aliphatic carbocycles. The third-order valence-electron chi connectivity index (χ3n) is 3.96. The number of aryl methyl sites for hydroxylation is 1. The summed E-state index contributed by atoms with van der Waals surface area (Å²) in [5.74, 6) is 0.646. The van der Waals surface area contributed by atoms with E-state index in [-0.39, 0.29) is 18.3 Å². The minimum atomic E-state index is -0.300. The lowest BCUT2D eigenvalue weighted by Gasteiger charge is -2.10. The van der Waals surface area contributed by atoms with Crippen molar-refractivity contribution in [1.82, 2.24) is 9.55 Å². The molecule has 0 saturated heterocycles. The highest BCUT2D eigenvalue weighted by Crippen LogP contribution is 2.20. The van der Waals surface area contributed by atoms with E-state index in [9.17, 15) is 9.59 Å². The van der Waals surface area contributed by atoms with Gasteiger partial charge in [-0.25, -0.2) is 4.98 Å². The van der Waals surface area contributed by atoms with Crippen molar-refractivity contribution in [3.8, 4) is 5.75 Å². The molecule has 0 atom stereocenters. The van der Waals surface area contributed by atoms with Crippen LogP contribution in [0.3, 0.4) is 0 Å². The Morgan fingerprint density at radius 3 is 2.73 bits per heavy atom. The number of ether oxygens (including phenoxy) is 1. The predicted octanol–water partition coefficient (Wildman–Crippen LogP) is 3.67. The molecule has 2 aromatic carbocycles. The third-order valence-corrected chi connectivity index (χ3v) is 3.96. The smallest absolute Gasteiger partial charge is 0.264 e. The minimum Gasteiger partial charge on any atom is -0.484 e. The quantitative estimate of drug-likeness (QED) is 0.659. The number of nitrogens with one attached hydrogen (secondary N) is 1. The van der Waals surface area contributed by atoms with Crippen LogP contribution in [0.5, 0.6) is 5.75 Å². The summed E-state index contributed by atoms with van der Waals surface area (Å²) in [7, 11) is 0. The van der Waals surface area contributed by atoms with Crippen molar-refractivity contribution < 1.29 is 14.3 Å². The van der Waals surface area contributed by atoms with Gasteiger partial charge >= 0.3 is 0 Å². The fourth-order valence-corrected chi connectivity index (χ4v) is 2.74. The number of para-hydroxylation sites is 2. The number of fused-ring (bicyclic) bond motifs is 1. The van der Waals surface area contributed by atoms with Crippen LogP contribution in [0.15, 0.2) is 48.5 Å². The molecule has 6 heteroatoms. The fraction of sp³-hybridized carbons (Fsp3) is 0.250. The largest absolute Gasteiger partial charge is 0.484 e. The van der Waals surface area contributed by atoms with Crippen LogP contribution in [0, 0.1) is 0 Å². The van der Waals surface area contributed by atoms with Crippen LogP contribution in [0.2, 0.25) is 0 Å². The van der Waals surface area contributed by atoms with Crippen molar-refractivity contribution in [3.63, 3.8) is 0 Å². The topological polar surface area (TPSA) is 73.2 Å². The second-order valence-electron chi connectivity index (χ2n) is 6.00. The average molecular weight is 351 g/mol. The maximum absolute atomic E-state index is 12.3. The van der Waals surface area contributed by atoms with Gasteiger partial charge in [0.25, 0.3) is 5.91 Å². The van der Waals surface area contributed by atoms with Crippen LogP contribution in [-0.4, -0.2) is 27.8 Å². The predicted molar refractivity (Wildman–Crippen MR) is 101 cm³/mol. The molecule has 1 N–H and O–H groups in total. The number of hydrogen-bond donors (Lipinski definition) is 1. The first-order valence-electron chi connectivity index (χ1n) is 8.57. The molecule has 0 aliphatic rings. The molecule has 134 valence electrons. The van der Waals surface area contributed by atoms with Crippen molar-refractivity contribution in [2.45, 2.75) is 26.8 Å². The zero-order valence-corrected chi connectivity index (χ0v) is 14.9. The van der Waals surface area contributed by atoms with E-state index < -0.39 is 0 Å². The highest BCUT2D eigenvalue weighted by Gasteiger charge is 2.13. The summed E-state index contributed by atoms with van der Waals surface area (Å²) in [5, 5.41) is 2.81. The molecule has 1 heterocycles. The van der Waals surface area contributed by atoms with Gasteiger partial charge in [-0.2, -0.15) is 0 Å². The number of Topliss-reactive ketones (excluding diaryl/α,β-unsaturated/α-hetero) is 1. The molecule has 0 radical (unpaired) electrons. The Hall–Kier alpha value is -3.15. The van der Waals surface area contributed by atoms with Crippen molar-refractivity contribution >= 4 is 28.7 Å². The van der Waals surface area contributed by atoms with Gasteiger partial charge in [-0.1, -0.05) is 31.2 Å². The van der Waals surface area contributed by atoms with Crippen LogP contribution in [-0.2, 0) is 11.3 Å². The molecule has 0 spiro atoms. The van der Waals surface area contributed by atoms with Gasteiger partial charge in [-0.05, 0) is 37.6 Å². The highest BCUT2D eigenvalue weighted by molar-refractivity contribution is 5.94. The Balaban J connectivity index is 1.70. The van der Waals surface area contributed by atoms with Gasteiger partial charge in [-0.3, -0.25) is 14.9 Å². The minimum absolute atomic E-state index is 0.0480. The molecule has 3 rings (SSSR count). The Labute approximate surface area is 151 Å². The number of anilines is 1. The first-order chi connectivity index (χ1) is 12.6. The number of aromatic nitrogens is 2. The van der Waals surface area contributed by atoms with E-state index in [1.807, 2.05) is 28.8 Å². The second-order valence-corrected chi connectivity index (χ2v) is 6.00. The lowest BCUT2D eigenvalue weighted by atomic mass is 10.1. The number of amides is 1. The Bertz CT molecular complexity index is 946.